The van der Waals surface area contributed by atoms with Crippen molar-refractivity contribution in [3.05, 3.63) is 0 Å². The third-order valence-electron chi connectivity index (χ3n) is 0. The van der Waals surface area contributed by atoms with Gasteiger partial charge in [0.1, 0.15) is 0 Å². The van der Waals surface area contributed by atoms with Crippen molar-refractivity contribution in [3.63, 3.8) is 0 Å². The molecule has 0 spiro atoms. The van der Waals surface area contributed by atoms with Crippen molar-refractivity contribution in [1.82, 2.24) is 0 Å². The van der Waals surface area contributed by atoms with Crippen molar-refractivity contribution in [2.75, 3.05) is 0 Å². The zero-order valence-corrected chi connectivity index (χ0v) is 5.14. The van der Waals surface area contributed by atoms with Crippen LogP contribution in [0.5, 0.6) is 0 Å². The predicted octanol–water partition coefficient (Wildman–Crippen LogP) is -0.595. The van der Waals surface area contributed by atoms with Crippen molar-refractivity contribution < 1.29 is 34.1 Å². The van der Waals surface area contributed by atoms with Crippen LogP contribution in [0.1, 0.15) is 0 Å². The topological polar surface area (TPSA) is 0 Å². The zero-order chi connectivity index (χ0) is 0. The molecule has 0 nitrogen and oxygen atoms in total. The number of rotatable bonds is 0. The molecule has 0 saturated heterocycles. The van der Waals surface area contributed by atoms with E-state index in [2.05, 4.69) is 0 Å². The fraction of sp³-hybridized carbons (Fsp3) is 0. The molecule has 0 aromatic heterocycles. The van der Waals surface area contributed by atoms with Gasteiger partial charge in [-0.05, 0) is 0 Å². The number of hydrogen-bond donors (Lipinski definition) is 0. The van der Waals surface area contributed by atoms with Gasteiger partial charge in [0.05, 0.1) is 0 Å². The van der Waals surface area contributed by atoms with Crippen LogP contribution in [-0.2, 0) is 34.1 Å². The minimum atomic E-state index is 0. The van der Waals surface area contributed by atoms with Gasteiger partial charge < -0.3 is 0 Å². The molecule has 0 saturated carbocycles. The maximum absolute atomic E-state index is 0. The monoisotopic (exact) mass is 153 g/mol. The van der Waals surface area contributed by atoms with E-state index in [1.807, 2.05) is 0 Å². The van der Waals surface area contributed by atoms with Crippen LogP contribution in [0, 0.1) is 0 Å². The first-order valence-electron chi connectivity index (χ1n) is 0. The Morgan fingerprint density at radius 1 is 1.00 bits per heavy atom. The van der Waals surface area contributed by atoms with Crippen LogP contribution in [0.2, 0.25) is 0 Å². The second-order valence-corrected chi connectivity index (χ2v) is 0. The molecule has 0 aromatic carbocycles. The van der Waals surface area contributed by atoms with Gasteiger partial charge in [-0.15, -0.1) is 0 Å². The molecule has 0 rings (SSSR count). The smallest absolute Gasteiger partial charge is 0 e. The van der Waals surface area contributed by atoms with Crippen LogP contribution < -0.4 is 0 Å². The van der Waals surface area contributed by atoms with Crippen molar-refractivity contribution in [2.24, 2.45) is 0 Å². The largest absolute Gasteiger partial charge is 0 e. The van der Waals surface area contributed by atoms with Gasteiger partial charge in [-0.25, -0.2) is 0 Å². The summed E-state index contributed by atoms with van der Waals surface area (Å²) < 4.78 is 0. The van der Waals surface area contributed by atoms with E-state index >= 15 is 0 Å². The second-order valence-electron chi connectivity index (χ2n) is 0. The minimum Gasteiger partial charge on any atom is 0 e. The molecule has 0 aliphatic heterocycles. The van der Waals surface area contributed by atoms with Gasteiger partial charge in [0.25, 0.3) is 0 Å². The summed E-state index contributed by atoms with van der Waals surface area (Å²) in [6, 6.07) is 0. The summed E-state index contributed by atoms with van der Waals surface area (Å²) in [5, 5.41) is 0. The molecule has 0 fully saturated rings. The van der Waals surface area contributed by atoms with Crippen LogP contribution in [0.4, 0.5) is 0 Å². The Hall–Kier alpha value is 2.07. The maximum Gasteiger partial charge on any atom is 0 e. The Morgan fingerprint density at radius 2 is 1.00 bits per heavy atom. The standard InChI is InChI=1S/Fe.Li.Mn.H3P.H/h;;;1H3;. The van der Waals surface area contributed by atoms with Gasteiger partial charge in [0.15, 0.2) is 0 Å². The molecule has 1 radical (unpaired) electrons. The van der Waals surface area contributed by atoms with Gasteiger partial charge in [-0.3, -0.25) is 0 Å². The fourth-order valence-electron chi connectivity index (χ4n) is 0. The fourth-order valence-corrected chi connectivity index (χ4v) is 0. The number of hydrogen-bond acceptors (Lipinski definition) is 0. The molecule has 0 aliphatic carbocycles. The van der Waals surface area contributed by atoms with Gasteiger partial charge in [0.2, 0.25) is 0 Å². The minimum absolute atomic E-state index is 0. The van der Waals surface area contributed by atoms with E-state index < -0.39 is 0 Å². The van der Waals surface area contributed by atoms with Crippen LogP contribution in [0.15, 0.2) is 0 Å². The molecule has 1 unspecified atom stereocenters. The van der Waals surface area contributed by atoms with Gasteiger partial charge in [-0.1, -0.05) is 0 Å². The molecule has 0 aromatic rings. The predicted molar refractivity (Wildman–Crippen MR) is 18.3 cm³/mol. The molecule has 0 amide bonds. The summed E-state index contributed by atoms with van der Waals surface area (Å²) in [5.41, 5.74) is 0. The molecule has 4 heteroatoms. The third kappa shape index (κ3) is 8.95. The summed E-state index contributed by atoms with van der Waals surface area (Å²) in [6.45, 7) is 0. The summed E-state index contributed by atoms with van der Waals surface area (Å²) in [7, 11) is 0. The summed E-state index contributed by atoms with van der Waals surface area (Å²) >= 11 is 0. The van der Waals surface area contributed by atoms with E-state index in [9.17, 15) is 0 Å². The van der Waals surface area contributed by atoms with Gasteiger partial charge >= 0.3 is 18.9 Å². The van der Waals surface area contributed by atoms with E-state index in [4.69, 9.17) is 0 Å². The molecular weight excluding hydrogens is 149 g/mol. The molecule has 0 N–H and O–H groups in total. The first-order valence-corrected chi connectivity index (χ1v) is 0. The first-order chi connectivity index (χ1) is 0. The van der Waals surface area contributed by atoms with Gasteiger partial charge in [-0.2, -0.15) is 9.90 Å². The van der Waals surface area contributed by atoms with Crippen molar-refractivity contribution in [2.45, 2.75) is 0 Å². The van der Waals surface area contributed by atoms with E-state index in [0.29, 0.717) is 0 Å². The van der Waals surface area contributed by atoms with Crippen LogP contribution >= 0.6 is 9.90 Å². The Balaban J connectivity index is 0. The summed E-state index contributed by atoms with van der Waals surface area (Å²) in [6.07, 6.45) is 0. The molecule has 4 heavy (non-hydrogen) atoms. The Labute approximate surface area is 62.6 Å². The van der Waals surface area contributed by atoms with Crippen molar-refractivity contribution >= 4 is 28.8 Å². The molecule has 25 valence electrons. The SMILES string of the molecule is P.[Fe].[LiH].[Mn]. The third-order valence-corrected chi connectivity index (χ3v) is 0. The van der Waals surface area contributed by atoms with E-state index in [1.54, 1.807) is 0 Å². The molecule has 1 atom stereocenters. The van der Waals surface area contributed by atoms with Gasteiger partial charge in [0, 0.05) is 34.1 Å². The Bertz CT molecular complexity index is 8.00. The second kappa shape index (κ2) is 19.6. The molecular formula is H4FeLiMnP. The first kappa shape index (κ1) is 36.5. The van der Waals surface area contributed by atoms with E-state index in [-0.39, 0.29) is 62.9 Å². The van der Waals surface area contributed by atoms with E-state index in [0.717, 1.165) is 0 Å². The van der Waals surface area contributed by atoms with Crippen molar-refractivity contribution in [3.8, 4) is 0 Å². The average molecular weight is 153 g/mol. The average Bonchev–Trinajstić information content (AvgIpc) is 0. The Kier molecular flexibility index (Phi) is 179. The maximum atomic E-state index is 0. The quantitative estimate of drug-likeness (QED) is 0.322. The molecule has 0 heterocycles. The van der Waals surface area contributed by atoms with Crippen LogP contribution in [-0.4, -0.2) is 18.9 Å². The van der Waals surface area contributed by atoms with Crippen LogP contribution in [0.25, 0.3) is 0 Å². The molecule has 0 aliphatic rings. The Morgan fingerprint density at radius 3 is 1.00 bits per heavy atom. The zero-order valence-electron chi connectivity index (χ0n) is 1.44. The summed E-state index contributed by atoms with van der Waals surface area (Å²) in [4.78, 5) is 0. The normalized spacial score (nSPS) is 0. The van der Waals surface area contributed by atoms with Crippen LogP contribution in [0.3, 0.4) is 0 Å². The van der Waals surface area contributed by atoms with E-state index in [1.165, 1.54) is 0 Å². The van der Waals surface area contributed by atoms with Crippen molar-refractivity contribution in [1.29, 1.82) is 0 Å². The summed E-state index contributed by atoms with van der Waals surface area (Å²) in [5.74, 6) is 0. The molecule has 0 bridgehead atoms.